The molecular formula is C118H66N2S. The summed E-state index contributed by atoms with van der Waals surface area (Å²) in [4.78, 5) is 15.1. The Morgan fingerprint density at radius 3 is 0.537 bits per heavy atom. The number of benzene rings is 19. The second-order valence-corrected chi connectivity index (χ2v) is 35.5. The van der Waals surface area contributed by atoms with Crippen LogP contribution in [0.2, 0.25) is 0 Å². The minimum absolute atomic E-state index is 0.508. The number of nitrogens with zero attached hydrogens (tertiary/aromatic N) is 2. The predicted octanol–water partition coefficient (Wildman–Crippen LogP) is 29.2. The summed E-state index contributed by atoms with van der Waals surface area (Å²) in [6.07, 6.45) is 0. The van der Waals surface area contributed by atoms with Crippen LogP contribution in [0.3, 0.4) is 0 Å². The largest absolute Gasteiger partial charge is 0.242 e. The molecule has 0 saturated carbocycles. The maximum Gasteiger partial charge on any atom is 0.109 e. The van der Waals surface area contributed by atoms with Gasteiger partial charge >= 0.3 is 0 Å². The molecule has 21 aromatic rings. The Kier molecular flexibility index (Phi) is 12.4. The van der Waals surface area contributed by atoms with Gasteiger partial charge in [0.05, 0.1) is 42.4 Å². The number of hydrogen-bond acceptors (Lipinski definition) is 3. The molecule has 554 valence electrons. The van der Waals surface area contributed by atoms with E-state index >= 15 is 0 Å². The second-order valence-electron chi connectivity index (χ2n) is 34.5. The maximum absolute atomic E-state index is 6.45. The van der Waals surface area contributed by atoms with Crippen LogP contribution in [0.5, 0.6) is 0 Å². The zero-order valence-corrected chi connectivity index (χ0v) is 66.2. The van der Waals surface area contributed by atoms with Gasteiger partial charge in [-0.1, -0.05) is 364 Å². The monoisotopic (exact) mass is 1540 g/mol. The number of rotatable bonds is 4. The van der Waals surface area contributed by atoms with Crippen molar-refractivity contribution in [1.82, 2.24) is 9.97 Å². The average Bonchev–Trinajstić information content (AvgIpc) is 1.52. The number of hydrogen-bond donors (Lipinski definition) is 0. The van der Waals surface area contributed by atoms with Gasteiger partial charge < -0.3 is 0 Å². The van der Waals surface area contributed by atoms with Crippen molar-refractivity contribution in [1.29, 1.82) is 0 Å². The van der Waals surface area contributed by atoms with Gasteiger partial charge in [-0.3, -0.25) is 0 Å². The van der Waals surface area contributed by atoms with E-state index in [2.05, 4.69) is 400 Å². The van der Waals surface area contributed by atoms with Gasteiger partial charge in [-0.05, 0) is 259 Å². The molecule has 121 heavy (non-hydrogen) atoms. The zero-order chi connectivity index (χ0) is 78.5. The van der Waals surface area contributed by atoms with Crippen molar-refractivity contribution >= 4 is 54.9 Å². The fourth-order valence-corrected chi connectivity index (χ4v) is 26.2. The van der Waals surface area contributed by atoms with Crippen molar-refractivity contribution in [2.24, 2.45) is 0 Å². The van der Waals surface area contributed by atoms with Crippen molar-refractivity contribution in [2.45, 2.75) is 21.7 Å². The first-order valence-electron chi connectivity index (χ1n) is 42.4. The van der Waals surface area contributed by atoms with Crippen LogP contribution in [-0.2, 0) is 21.7 Å². The molecule has 4 spiro atoms. The van der Waals surface area contributed by atoms with Crippen molar-refractivity contribution in [3.8, 4) is 132 Å². The molecule has 3 heteroatoms. The second kappa shape index (κ2) is 23.0. The molecule has 0 unspecified atom stereocenters. The molecule has 0 saturated heterocycles. The fourth-order valence-electron chi connectivity index (χ4n) is 25.0. The van der Waals surface area contributed by atoms with Crippen LogP contribution >= 0.6 is 11.3 Å². The molecule has 0 fully saturated rings. The van der Waals surface area contributed by atoms with E-state index in [1.54, 1.807) is 0 Å². The molecule has 0 radical (unpaired) electrons. The van der Waals surface area contributed by atoms with Crippen LogP contribution in [0.25, 0.3) is 176 Å². The third-order valence-electron chi connectivity index (χ3n) is 29.5. The highest BCUT2D eigenvalue weighted by Gasteiger charge is 2.56. The van der Waals surface area contributed by atoms with Crippen LogP contribution in [0.4, 0.5) is 0 Å². The van der Waals surface area contributed by atoms with Crippen LogP contribution in [0.1, 0.15) is 89.0 Å². The third kappa shape index (κ3) is 7.76. The van der Waals surface area contributed by atoms with Crippen molar-refractivity contribution in [2.75, 3.05) is 0 Å². The molecule has 0 N–H and O–H groups in total. The Bertz CT molecular complexity index is 7650. The molecule has 0 amide bonds. The lowest BCUT2D eigenvalue weighted by atomic mass is 9.70. The molecule has 0 aliphatic heterocycles. The standard InChI is InChI=1S/C118H66N2S/c1-13-37-93-75(25-1)76-26-2-14-38-94(76)115(93)101-45-21-9-33-83(101)87-57-51-69(63-105(87)115)67-49-55-73-74-56-50-68(70-52-58-88-84-34-10-22-46-102(84)116(106(88)64-70)95-39-15-3-27-77(95)78-28-4-16-40-96(78)116)62-92(74)110-109(91(73)61-67)119-111-112(120-110)114(72-54-60-90-86-36-12-24-48-104(86)118(108(90)66-72)99-43-19-7-31-81(99)82-32-8-20-44-100(82)118)121-113(111)71-53-59-89-85-35-11-23-47-103(85)117(107(89)65-71)97-41-17-5-29-79(97)80-30-6-18-42-98(80)117/h1-66H. The summed E-state index contributed by atoms with van der Waals surface area (Å²) >= 11 is 1.85. The van der Waals surface area contributed by atoms with Gasteiger partial charge in [0.1, 0.15) is 11.0 Å². The van der Waals surface area contributed by atoms with E-state index in [4.69, 9.17) is 9.97 Å². The van der Waals surface area contributed by atoms with E-state index < -0.39 is 21.7 Å². The Morgan fingerprint density at radius 1 is 0.140 bits per heavy atom. The van der Waals surface area contributed by atoms with Gasteiger partial charge in [0.25, 0.3) is 0 Å². The lowest BCUT2D eigenvalue weighted by Gasteiger charge is -2.30. The van der Waals surface area contributed by atoms with Gasteiger partial charge in [-0.25, -0.2) is 9.97 Å². The van der Waals surface area contributed by atoms with Crippen molar-refractivity contribution in [3.63, 3.8) is 0 Å². The SMILES string of the molecule is c1ccc2c(c1)-c1ccccc1C21c2ccccc2-c2ccc(-c3ccc4c5ccc(-c6ccc7c(c6)C6(c8ccccc8-c8ccccc86)c6ccccc6-7)cc5c5nc6c(-c7ccc8c(c7)C7(c9ccccc9-c9ccccc97)c7ccccc7-8)sc(-c7ccc8c(c7)C7(c9ccccc9-c9ccccc97)c7ccccc7-8)c6nc5c4c3)cc21. The normalized spacial score (nSPS) is 14.9. The van der Waals surface area contributed by atoms with E-state index in [-0.39, 0.29) is 0 Å². The first-order valence-corrected chi connectivity index (χ1v) is 43.2. The zero-order valence-electron chi connectivity index (χ0n) is 65.4. The van der Waals surface area contributed by atoms with Crippen LogP contribution in [0, 0.1) is 0 Å². The summed E-state index contributed by atoms with van der Waals surface area (Å²) in [5.74, 6) is 0. The minimum atomic E-state index is -0.566. The summed E-state index contributed by atoms with van der Waals surface area (Å²) in [6.45, 7) is 0. The summed E-state index contributed by atoms with van der Waals surface area (Å²) in [7, 11) is 0. The lowest BCUT2D eigenvalue weighted by Crippen LogP contribution is -2.25. The molecule has 8 aliphatic carbocycles. The Labute approximate surface area is 703 Å². The van der Waals surface area contributed by atoms with Gasteiger partial charge in [-0.15, -0.1) is 11.3 Å². The van der Waals surface area contributed by atoms with Crippen molar-refractivity contribution in [3.05, 3.63) is 489 Å². The highest BCUT2D eigenvalue weighted by Crippen LogP contribution is 2.69. The van der Waals surface area contributed by atoms with Crippen LogP contribution in [-0.4, -0.2) is 9.97 Å². The number of fused-ring (bicyclic) bond motifs is 47. The lowest BCUT2D eigenvalue weighted by molar-refractivity contribution is 0.794. The number of aromatic nitrogens is 2. The molecule has 2 aromatic heterocycles. The molecule has 29 rings (SSSR count). The Hall–Kier alpha value is -15.0. The fraction of sp³-hybridized carbons (Fsp3) is 0.0339. The van der Waals surface area contributed by atoms with Crippen LogP contribution < -0.4 is 0 Å². The van der Waals surface area contributed by atoms with Gasteiger partial charge in [-0.2, -0.15) is 0 Å². The summed E-state index contributed by atoms with van der Waals surface area (Å²) in [5, 5.41) is 4.38. The highest BCUT2D eigenvalue weighted by molar-refractivity contribution is 7.21. The molecule has 0 atom stereocenters. The average molecular weight is 1540 g/mol. The van der Waals surface area contributed by atoms with Gasteiger partial charge in [0, 0.05) is 10.8 Å². The Balaban J connectivity index is 0.712. The molecule has 0 bridgehead atoms. The molecule has 19 aromatic carbocycles. The van der Waals surface area contributed by atoms with Crippen molar-refractivity contribution < 1.29 is 0 Å². The summed E-state index contributed by atoms with van der Waals surface area (Å²) < 4.78 is 0. The van der Waals surface area contributed by atoms with E-state index in [1.165, 1.54) is 178 Å². The van der Waals surface area contributed by atoms with E-state index in [1.807, 2.05) is 11.3 Å². The topological polar surface area (TPSA) is 25.8 Å². The first kappa shape index (κ1) is 65.1. The highest BCUT2D eigenvalue weighted by atomic mass is 32.1. The molecular weight excluding hydrogens is 1480 g/mol. The third-order valence-corrected chi connectivity index (χ3v) is 30.8. The summed E-state index contributed by atoms with van der Waals surface area (Å²) in [6, 6.07) is 154. The number of thiophene rings is 1. The van der Waals surface area contributed by atoms with E-state index in [0.717, 1.165) is 86.7 Å². The predicted molar refractivity (Wildman–Crippen MR) is 497 cm³/mol. The first-order chi connectivity index (χ1) is 60.0. The van der Waals surface area contributed by atoms with E-state index in [9.17, 15) is 0 Å². The smallest absolute Gasteiger partial charge is 0.109 e. The quantitative estimate of drug-likeness (QED) is 0.164. The van der Waals surface area contributed by atoms with Gasteiger partial charge in [0.2, 0.25) is 0 Å². The van der Waals surface area contributed by atoms with Crippen LogP contribution in [0.15, 0.2) is 400 Å². The summed E-state index contributed by atoms with van der Waals surface area (Å²) in [5.41, 5.74) is 49.8. The molecule has 8 aliphatic rings. The molecule has 2 heterocycles. The molecule has 2 nitrogen and oxygen atoms in total. The Morgan fingerprint density at radius 2 is 0.314 bits per heavy atom. The van der Waals surface area contributed by atoms with E-state index in [0.29, 0.717) is 0 Å². The maximum atomic E-state index is 6.45. The minimum Gasteiger partial charge on any atom is -0.242 e. The van der Waals surface area contributed by atoms with Gasteiger partial charge in [0.15, 0.2) is 0 Å².